The molecule has 3 heteroatoms. The minimum Gasteiger partial charge on any atom is -0.394 e. The third-order valence-corrected chi connectivity index (χ3v) is 2.17. The van der Waals surface area contributed by atoms with Crippen LogP contribution in [0.25, 0.3) is 0 Å². The zero-order chi connectivity index (χ0) is 8.55. The van der Waals surface area contributed by atoms with Crippen molar-refractivity contribution in [1.29, 1.82) is 0 Å². The van der Waals surface area contributed by atoms with Crippen molar-refractivity contribution < 1.29 is 9.84 Å². The second kappa shape index (κ2) is 3.05. The lowest BCUT2D eigenvalue weighted by molar-refractivity contribution is 0.242. The van der Waals surface area contributed by atoms with Gasteiger partial charge in [-0.25, -0.2) is 0 Å². The number of ether oxygens (including phenoxy) is 1. The van der Waals surface area contributed by atoms with Crippen LogP contribution in [0.3, 0.4) is 0 Å². The van der Waals surface area contributed by atoms with E-state index in [1.54, 1.807) is 0 Å². The fourth-order valence-electron chi connectivity index (χ4n) is 1.26. The molecule has 1 aromatic carbocycles. The quantitative estimate of drug-likeness (QED) is 0.711. The maximum Gasteiger partial charge on any atom is 0.112 e. The summed E-state index contributed by atoms with van der Waals surface area (Å²) >= 11 is 5.79. The maximum absolute atomic E-state index is 8.75. The van der Waals surface area contributed by atoms with Crippen molar-refractivity contribution >= 4 is 11.6 Å². The highest BCUT2D eigenvalue weighted by molar-refractivity contribution is 6.30. The molecule has 1 saturated heterocycles. The Bertz CT molecular complexity index is 288. The molecule has 12 heavy (non-hydrogen) atoms. The minimum atomic E-state index is -0.0246. The van der Waals surface area contributed by atoms with Crippen molar-refractivity contribution in [3.8, 4) is 0 Å². The molecule has 64 valence electrons. The molecule has 0 saturated carbocycles. The molecule has 1 heterocycles. The van der Waals surface area contributed by atoms with E-state index < -0.39 is 0 Å². The van der Waals surface area contributed by atoms with E-state index in [1.165, 1.54) is 0 Å². The normalized spacial score (nSPS) is 27.2. The molecule has 0 unspecified atom stereocenters. The van der Waals surface area contributed by atoms with Gasteiger partial charge in [-0.2, -0.15) is 0 Å². The summed E-state index contributed by atoms with van der Waals surface area (Å²) in [5, 5.41) is 9.46. The van der Waals surface area contributed by atoms with Gasteiger partial charge >= 0.3 is 0 Å². The van der Waals surface area contributed by atoms with Crippen molar-refractivity contribution in [1.82, 2.24) is 0 Å². The first-order valence-electron chi connectivity index (χ1n) is 3.83. The predicted molar refractivity (Wildman–Crippen MR) is 46.2 cm³/mol. The van der Waals surface area contributed by atoms with E-state index in [9.17, 15) is 0 Å². The average molecular weight is 185 g/mol. The van der Waals surface area contributed by atoms with Gasteiger partial charge in [0.15, 0.2) is 0 Å². The lowest BCUT2D eigenvalue weighted by Gasteiger charge is -1.95. The van der Waals surface area contributed by atoms with Gasteiger partial charge in [-0.3, -0.25) is 0 Å². The van der Waals surface area contributed by atoms with Crippen LogP contribution in [0, 0.1) is 0 Å². The first-order valence-corrected chi connectivity index (χ1v) is 4.21. The molecule has 1 aliphatic heterocycles. The summed E-state index contributed by atoms with van der Waals surface area (Å²) in [4.78, 5) is 0. The summed E-state index contributed by atoms with van der Waals surface area (Å²) in [5.41, 5.74) is 1.04. The molecule has 2 atom stereocenters. The van der Waals surface area contributed by atoms with Gasteiger partial charge in [0.2, 0.25) is 0 Å². The lowest BCUT2D eigenvalue weighted by Crippen LogP contribution is -1.93. The molecule has 0 radical (unpaired) electrons. The van der Waals surface area contributed by atoms with Gasteiger partial charge in [-0.15, -0.1) is 0 Å². The van der Waals surface area contributed by atoms with Crippen LogP contribution in [0.5, 0.6) is 0 Å². The molecule has 0 amide bonds. The number of hydrogen-bond donors (Lipinski definition) is 1. The van der Waals surface area contributed by atoms with Gasteiger partial charge in [0.1, 0.15) is 12.2 Å². The van der Waals surface area contributed by atoms with Crippen LogP contribution in [0.1, 0.15) is 11.7 Å². The van der Waals surface area contributed by atoms with Gasteiger partial charge in [0.05, 0.1) is 6.61 Å². The van der Waals surface area contributed by atoms with Crippen molar-refractivity contribution in [3.05, 3.63) is 34.9 Å². The molecule has 2 rings (SSSR count). The Balaban J connectivity index is 2.14. The highest BCUT2D eigenvalue weighted by Crippen LogP contribution is 2.38. The van der Waals surface area contributed by atoms with Crippen molar-refractivity contribution in [3.63, 3.8) is 0 Å². The van der Waals surface area contributed by atoms with Crippen LogP contribution in [0.2, 0.25) is 5.02 Å². The Morgan fingerprint density at radius 3 is 2.92 bits per heavy atom. The van der Waals surface area contributed by atoms with Crippen LogP contribution in [0.15, 0.2) is 24.3 Å². The van der Waals surface area contributed by atoms with Gasteiger partial charge < -0.3 is 9.84 Å². The molecular weight excluding hydrogens is 176 g/mol. The fourth-order valence-corrected chi connectivity index (χ4v) is 1.46. The Labute approximate surface area is 75.7 Å². The van der Waals surface area contributed by atoms with Gasteiger partial charge in [0.25, 0.3) is 0 Å². The van der Waals surface area contributed by atoms with Gasteiger partial charge in [0, 0.05) is 5.02 Å². The number of aliphatic hydroxyl groups is 1. The van der Waals surface area contributed by atoms with Gasteiger partial charge in [-0.05, 0) is 17.7 Å². The summed E-state index contributed by atoms with van der Waals surface area (Å²) < 4.78 is 5.20. The first kappa shape index (κ1) is 8.05. The molecule has 1 N–H and O–H groups in total. The zero-order valence-electron chi connectivity index (χ0n) is 6.40. The second-order valence-corrected chi connectivity index (χ2v) is 3.27. The van der Waals surface area contributed by atoms with E-state index in [0.29, 0.717) is 5.02 Å². The van der Waals surface area contributed by atoms with E-state index in [1.807, 2.05) is 24.3 Å². The highest BCUT2D eigenvalue weighted by atomic mass is 35.5. The second-order valence-electron chi connectivity index (χ2n) is 2.83. The van der Waals surface area contributed by atoms with Crippen molar-refractivity contribution in [2.24, 2.45) is 0 Å². The summed E-state index contributed by atoms with van der Waals surface area (Å²) in [6, 6.07) is 7.52. The van der Waals surface area contributed by atoms with E-state index in [4.69, 9.17) is 21.4 Å². The predicted octanol–water partition coefficient (Wildman–Crippen LogP) is 1.77. The third-order valence-electron chi connectivity index (χ3n) is 1.94. The number of epoxide rings is 1. The standard InChI is InChI=1S/C9H9ClO2/c10-7-3-1-2-6(4-7)9-8(5-11)12-9/h1-4,8-9,11H,5H2/t8-,9-/m0/s1. The maximum atomic E-state index is 8.75. The topological polar surface area (TPSA) is 32.8 Å². The number of rotatable bonds is 2. The SMILES string of the molecule is OC[C@@H]1O[C@H]1c1cccc(Cl)c1. The highest BCUT2D eigenvalue weighted by Gasteiger charge is 2.39. The Morgan fingerprint density at radius 2 is 2.33 bits per heavy atom. The summed E-state index contributed by atoms with van der Waals surface area (Å²) in [6.45, 7) is 0.0805. The van der Waals surface area contributed by atoms with Crippen molar-refractivity contribution in [2.75, 3.05) is 6.61 Å². The molecule has 0 bridgehead atoms. The minimum absolute atomic E-state index is 0.0246. The van der Waals surface area contributed by atoms with Crippen LogP contribution in [-0.2, 0) is 4.74 Å². The Morgan fingerprint density at radius 1 is 1.50 bits per heavy atom. The van der Waals surface area contributed by atoms with Crippen LogP contribution in [0.4, 0.5) is 0 Å². The van der Waals surface area contributed by atoms with Gasteiger partial charge in [-0.1, -0.05) is 23.7 Å². The van der Waals surface area contributed by atoms with E-state index in [-0.39, 0.29) is 18.8 Å². The third kappa shape index (κ3) is 1.46. The van der Waals surface area contributed by atoms with Crippen molar-refractivity contribution in [2.45, 2.75) is 12.2 Å². The summed E-state index contributed by atoms with van der Waals surface area (Å²) in [7, 11) is 0. The van der Waals surface area contributed by atoms with E-state index >= 15 is 0 Å². The fraction of sp³-hybridized carbons (Fsp3) is 0.333. The molecule has 1 aromatic rings. The summed E-state index contributed by atoms with van der Waals surface area (Å²) in [6.07, 6.45) is 0.0252. The number of halogens is 1. The molecular formula is C9H9ClO2. The van der Waals surface area contributed by atoms with E-state index in [2.05, 4.69) is 0 Å². The molecule has 2 nitrogen and oxygen atoms in total. The summed E-state index contributed by atoms with van der Waals surface area (Å²) in [5.74, 6) is 0. The Hall–Kier alpha value is -0.570. The van der Waals surface area contributed by atoms with Crippen LogP contribution < -0.4 is 0 Å². The lowest BCUT2D eigenvalue weighted by atomic mass is 10.1. The zero-order valence-corrected chi connectivity index (χ0v) is 7.16. The molecule has 1 fully saturated rings. The largest absolute Gasteiger partial charge is 0.394 e. The number of hydrogen-bond acceptors (Lipinski definition) is 2. The molecule has 0 aliphatic carbocycles. The average Bonchev–Trinajstić information content (AvgIpc) is 2.83. The molecule has 0 spiro atoms. The molecule has 1 aliphatic rings. The molecule has 0 aromatic heterocycles. The van der Waals surface area contributed by atoms with Crippen LogP contribution in [-0.4, -0.2) is 17.8 Å². The van der Waals surface area contributed by atoms with Crippen LogP contribution >= 0.6 is 11.6 Å². The number of benzene rings is 1. The first-order chi connectivity index (χ1) is 5.81. The number of aliphatic hydroxyl groups excluding tert-OH is 1. The van der Waals surface area contributed by atoms with E-state index in [0.717, 1.165) is 5.56 Å². The smallest absolute Gasteiger partial charge is 0.112 e. The monoisotopic (exact) mass is 184 g/mol. The Kier molecular flexibility index (Phi) is 2.05.